The molecular formula is C20H26N2O3. The van der Waals surface area contributed by atoms with Gasteiger partial charge in [-0.25, -0.2) is 0 Å². The lowest BCUT2D eigenvalue weighted by atomic mass is 10.2. The number of hydrogen-bond donors (Lipinski definition) is 2. The largest absolute Gasteiger partial charge is 0.494 e. The van der Waals surface area contributed by atoms with Gasteiger partial charge in [-0.1, -0.05) is 13.0 Å². The SMILES string of the molecule is CCOc1ccc(NCC(=O)Nc2cccc(OC(C)CC)c2)cc1. The Morgan fingerprint density at radius 3 is 2.48 bits per heavy atom. The minimum atomic E-state index is -0.116. The molecule has 0 aliphatic carbocycles. The fourth-order valence-electron chi connectivity index (χ4n) is 2.19. The monoisotopic (exact) mass is 342 g/mol. The molecule has 2 N–H and O–H groups in total. The number of benzene rings is 2. The second kappa shape index (κ2) is 9.57. The predicted octanol–water partition coefficient (Wildman–Crippen LogP) is 4.31. The first-order chi connectivity index (χ1) is 12.1. The Kier molecular flexibility index (Phi) is 7.14. The molecule has 134 valence electrons. The van der Waals surface area contributed by atoms with Gasteiger partial charge in [-0.15, -0.1) is 0 Å². The highest BCUT2D eigenvalue weighted by Gasteiger charge is 2.05. The first kappa shape index (κ1) is 18.6. The molecule has 2 aromatic rings. The molecule has 1 unspecified atom stereocenters. The van der Waals surface area contributed by atoms with Crippen molar-refractivity contribution in [1.82, 2.24) is 0 Å². The summed E-state index contributed by atoms with van der Waals surface area (Å²) in [5.41, 5.74) is 1.59. The van der Waals surface area contributed by atoms with Crippen LogP contribution in [0.2, 0.25) is 0 Å². The van der Waals surface area contributed by atoms with E-state index in [1.807, 2.05) is 62.4 Å². The Bertz CT molecular complexity index is 671. The lowest BCUT2D eigenvalue weighted by Crippen LogP contribution is -2.21. The van der Waals surface area contributed by atoms with Gasteiger partial charge in [0.05, 0.1) is 19.3 Å². The Morgan fingerprint density at radius 1 is 1.04 bits per heavy atom. The molecule has 1 atom stereocenters. The van der Waals surface area contributed by atoms with E-state index in [-0.39, 0.29) is 18.6 Å². The molecule has 0 heterocycles. The summed E-state index contributed by atoms with van der Waals surface area (Å²) in [7, 11) is 0. The maximum Gasteiger partial charge on any atom is 0.243 e. The van der Waals surface area contributed by atoms with E-state index >= 15 is 0 Å². The lowest BCUT2D eigenvalue weighted by Gasteiger charge is -2.14. The summed E-state index contributed by atoms with van der Waals surface area (Å²) in [6.07, 6.45) is 1.08. The van der Waals surface area contributed by atoms with Gasteiger partial charge in [0, 0.05) is 17.4 Å². The highest BCUT2D eigenvalue weighted by Crippen LogP contribution is 2.19. The zero-order valence-corrected chi connectivity index (χ0v) is 15.0. The molecule has 0 saturated carbocycles. The Morgan fingerprint density at radius 2 is 1.80 bits per heavy atom. The van der Waals surface area contributed by atoms with E-state index in [1.165, 1.54) is 0 Å². The highest BCUT2D eigenvalue weighted by molar-refractivity contribution is 5.93. The molecule has 5 heteroatoms. The van der Waals surface area contributed by atoms with Crippen LogP contribution >= 0.6 is 0 Å². The van der Waals surface area contributed by atoms with Crippen LogP contribution in [0.5, 0.6) is 11.5 Å². The molecule has 0 aliphatic heterocycles. The second-order valence-corrected chi connectivity index (χ2v) is 5.72. The average Bonchev–Trinajstić information content (AvgIpc) is 2.61. The predicted molar refractivity (Wildman–Crippen MR) is 102 cm³/mol. The Hall–Kier alpha value is -2.69. The van der Waals surface area contributed by atoms with Crippen molar-refractivity contribution in [3.63, 3.8) is 0 Å². The molecule has 0 aromatic heterocycles. The van der Waals surface area contributed by atoms with E-state index in [4.69, 9.17) is 9.47 Å². The number of carbonyl (C=O) groups excluding carboxylic acids is 1. The summed E-state index contributed by atoms with van der Waals surface area (Å²) in [6, 6.07) is 15.0. The van der Waals surface area contributed by atoms with Gasteiger partial charge in [0.1, 0.15) is 11.5 Å². The van der Waals surface area contributed by atoms with E-state index in [9.17, 15) is 4.79 Å². The number of hydrogen-bond acceptors (Lipinski definition) is 4. The number of carbonyl (C=O) groups is 1. The number of amides is 1. The zero-order valence-electron chi connectivity index (χ0n) is 15.0. The van der Waals surface area contributed by atoms with Gasteiger partial charge in [0.25, 0.3) is 0 Å². The van der Waals surface area contributed by atoms with Crippen LogP contribution in [0.25, 0.3) is 0 Å². The highest BCUT2D eigenvalue weighted by atomic mass is 16.5. The van der Waals surface area contributed by atoms with Crippen molar-refractivity contribution < 1.29 is 14.3 Å². The molecule has 25 heavy (non-hydrogen) atoms. The molecule has 0 fully saturated rings. The number of anilines is 2. The van der Waals surface area contributed by atoms with Crippen molar-refractivity contribution in [3.05, 3.63) is 48.5 Å². The smallest absolute Gasteiger partial charge is 0.243 e. The Labute approximate surface area is 149 Å². The van der Waals surface area contributed by atoms with Gasteiger partial charge >= 0.3 is 0 Å². The quantitative estimate of drug-likeness (QED) is 0.713. The lowest BCUT2D eigenvalue weighted by molar-refractivity contribution is -0.114. The van der Waals surface area contributed by atoms with E-state index < -0.39 is 0 Å². The van der Waals surface area contributed by atoms with Crippen LogP contribution in [0.15, 0.2) is 48.5 Å². The summed E-state index contributed by atoms with van der Waals surface area (Å²) in [5.74, 6) is 1.46. The summed E-state index contributed by atoms with van der Waals surface area (Å²) in [5, 5.41) is 5.96. The molecular weight excluding hydrogens is 316 g/mol. The number of ether oxygens (including phenoxy) is 2. The zero-order chi connectivity index (χ0) is 18.1. The van der Waals surface area contributed by atoms with Crippen molar-refractivity contribution in [2.24, 2.45) is 0 Å². The molecule has 0 spiro atoms. The van der Waals surface area contributed by atoms with Crippen LogP contribution in [-0.4, -0.2) is 25.2 Å². The van der Waals surface area contributed by atoms with E-state index in [2.05, 4.69) is 17.6 Å². The topological polar surface area (TPSA) is 59.6 Å². The van der Waals surface area contributed by atoms with E-state index in [0.29, 0.717) is 6.61 Å². The fraction of sp³-hybridized carbons (Fsp3) is 0.350. The van der Waals surface area contributed by atoms with Crippen LogP contribution in [0.4, 0.5) is 11.4 Å². The van der Waals surface area contributed by atoms with Gasteiger partial charge < -0.3 is 20.1 Å². The third kappa shape index (κ3) is 6.37. The van der Waals surface area contributed by atoms with Gasteiger partial charge in [0.15, 0.2) is 0 Å². The molecule has 0 radical (unpaired) electrons. The third-order valence-electron chi connectivity index (χ3n) is 3.65. The summed E-state index contributed by atoms with van der Waals surface area (Å²) in [6.45, 7) is 6.85. The van der Waals surface area contributed by atoms with Crippen molar-refractivity contribution in [3.8, 4) is 11.5 Å². The third-order valence-corrected chi connectivity index (χ3v) is 3.65. The van der Waals surface area contributed by atoms with Crippen LogP contribution in [0.1, 0.15) is 27.2 Å². The van der Waals surface area contributed by atoms with Crippen molar-refractivity contribution in [1.29, 1.82) is 0 Å². The fourth-order valence-corrected chi connectivity index (χ4v) is 2.19. The Balaban J connectivity index is 1.84. The molecule has 0 bridgehead atoms. The maximum atomic E-state index is 12.1. The molecule has 2 aromatic carbocycles. The van der Waals surface area contributed by atoms with Crippen molar-refractivity contribution in [2.45, 2.75) is 33.3 Å². The molecule has 5 nitrogen and oxygen atoms in total. The van der Waals surface area contributed by atoms with Crippen molar-refractivity contribution in [2.75, 3.05) is 23.8 Å². The van der Waals surface area contributed by atoms with E-state index in [1.54, 1.807) is 0 Å². The molecule has 0 aliphatic rings. The van der Waals surface area contributed by atoms with Crippen LogP contribution in [-0.2, 0) is 4.79 Å². The van der Waals surface area contributed by atoms with Gasteiger partial charge in [0.2, 0.25) is 5.91 Å². The summed E-state index contributed by atoms with van der Waals surface area (Å²) < 4.78 is 11.2. The normalized spacial score (nSPS) is 11.5. The van der Waals surface area contributed by atoms with Gasteiger partial charge in [-0.3, -0.25) is 4.79 Å². The van der Waals surface area contributed by atoms with Crippen LogP contribution < -0.4 is 20.1 Å². The first-order valence-corrected chi connectivity index (χ1v) is 8.64. The summed E-state index contributed by atoms with van der Waals surface area (Å²) >= 11 is 0. The van der Waals surface area contributed by atoms with Gasteiger partial charge in [-0.05, 0) is 56.7 Å². The van der Waals surface area contributed by atoms with Crippen LogP contribution in [0, 0.1) is 0 Å². The number of rotatable bonds is 9. The van der Waals surface area contributed by atoms with E-state index in [0.717, 1.165) is 29.3 Å². The molecule has 2 rings (SSSR count). The minimum Gasteiger partial charge on any atom is -0.494 e. The summed E-state index contributed by atoms with van der Waals surface area (Å²) in [4.78, 5) is 12.1. The minimum absolute atomic E-state index is 0.116. The van der Waals surface area contributed by atoms with Gasteiger partial charge in [-0.2, -0.15) is 0 Å². The second-order valence-electron chi connectivity index (χ2n) is 5.72. The first-order valence-electron chi connectivity index (χ1n) is 8.64. The molecule has 1 amide bonds. The van der Waals surface area contributed by atoms with Crippen molar-refractivity contribution >= 4 is 17.3 Å². The maximum absolute atomic E-state index is 12.1. The molecule has 0 saturated heterocycles. The van der Waals surface area contributed by atoms with Crippen LogP contribution in [0.3, 0.4) is 0 Å². The average molecular weight is 342 g/mol. The number of nitrogens with one attached hydrogen (secondary N) is 2. The standard InChI is InChI=1S/C20H26N2O3/c1-4-15(3)25-19-8-6-7-17(13-19)22-20(23)14-21-16-9-11-18(12-10-16)24-5-2/h6-13,15,21H,4-5,14H2,1-3H3,(H,22,23).